The van der Waals surface area contributed by atoms with Gasteiger partial charge < -0.3 is 20.3 Å². The first kappa shape index (κ1) is 23.7. The Balaban J connectivity index is 0.00000364. The highest BCUT2D eigenvalue weighted by Gasteiger charge is 2.14. The lowest BCUT2D eigenvalue weighted by molar-refractivity contribution is 0.0600. The van der Waals surface area contributed by atoms with Crippen LogP contribution in [0.1, 0.15) is 42.1 Å². The lowest BCUT2D eigenvalue weighted by atomic mass is 9.99. The molecular formula is C20H33IN4O2. The van der Waals surface area contributed by atoms with E-state index >= 15 is 0 Å². The zero-order valence-electron chi connectivity index (χ0n) is 16.7. The van der Waals surface area contributed by atoms with Gasteiger partial charge in [-0.3, -0.25) is 4.99 Å². The Bertz CT molecular complexity index is 584. The predicted molar refractivity (Wildman–Crippen MR) is 121 cm³/mol. The SMILES string of the molecule is CN=C(NCCCN1CCC(C)CC1)NCc1ccc(C(=O)OC)cc1.I. The van der Waals surface area contributed by atoms with Gasteiger partial charge in [0.25, 0.3) is 0 Å². The van der Waals surface area contributed by atoms with Crippen LogP contribution in [0.25, 0.3) is 0 Å². The third-order valence-electron chi connectivity index (χ3n) is 4.88. The van der Waals surface area contributed by atoms with E-state index in [1.54, 1.807) is 19.2 Å². The van der Waals surface area contributed by atoms with Gasteiger partial charge in [-0.1, -0.05) is 19.1 Å². The molecule has 0 radical (unpaired) electrons. The summed E-state index contributed by atoms with van der Waals surface area (Å²) < 4.78 is 4.71. The monoisotopic (exact) mass is 488 g/mol. The number of guanidine groups is 1. The Hall–Kier alpha value is -1.35. The third-order valence-corrected chi connectivity index (χ3v) is 4.88. The summed E-state index contributed by atoms with van der Waals surface area (Å²) in [6, 6.07) is 7.39. The van der Waals surface area contributed by atoms with Crippen LogP contribution in [0.4, 0.5) is 0 Å². The molecule has 0 spiro atoms. The minimum atomic E-state index is -0.315. The van der Waals surface area contributed by atoms with Crippen molar-refractivity contribution in [2.24, 2.45) is 10.9 Å². The van der Waals surface area contributed by atoms with Crippen molar-refractivity contribution in [1.82, 2.24) is 15.5 Å². The molecule has 1 aliphatic heterocycles. The number of hydrogen-bond acceptors (Lipinski definition) is 4. The van der Waals surface area contributed by atoms with Crippen LogP contribution in [0, 0.1) is 5.92 Å². The number of methoxy groups -OCH3 is 1. The second-order valence-electron chi connectivity index (χ2n) is 6.92. The van der Waals surface area contributed by atoms with Crippen molar-refractivity contribution in [3.63, 3.8) is 0 Å². The van der Waals surface area contributed by atoms with E-state index in [1.807, 2.05) is 12.1 Å². The van der Waals surface area contributed by atoms with Crippen LogP contribution in [0.5, 0.6) is 0 Å². The van der Waals surface area contributed by atoms with E-state index in [0.29, 0.717) is 12.1 Å². The molecule has 0 aliphatic carbocycles. The molecular weight excluding hydrogens is 455 g/mol. The predicted octanol–water partition coefficient (Wildman–Crippen LogP) is 2.88. The number of aliphatic imine (C=N–C) groups is 1. The second kappa shape index (κ2) is 12.9. The van der Waals surface area contributed by atoms with Crippen LogP contribution in [0.3, 0.4) is 0 Å². The van der Waals surface area contributed by atoms with Crippen molar-refractivity contribution in [3.8, 4) is 0 Å². The zero-order valence-corrected chi connectivity index (χ0v) is 19.0. The van der Waals surface area contributed by atoms with Gasteiger partial charge in [0.2, 0.25) is 0 Å². The fourth-order valence-corrected chi connectivity index (χ4v) is 3.08. The van der Waals surface area contributed by atoms with Crippen molar-refractivity contribution in [3.05, 3.63) is 35.4 Å². The number of rotatable bonds is 7. The Morgan fingerprint density at radius 2 is 1.89 bits per heavy atom. The van der Waals surface area contributed by atoms with Gasteiger partial charge in [-0.15, -0.1) is 24.0 Å². The van der Waals surface area contributed by atoms with Gasteiger partial charge in [0.1, 0.15) is 0 Å². The van der Waals surface area contributed by atoms with Crippen LogP contribution < -0.4 is 10.6 Å². The molecule has 2 rings (SSSR count). The molecule has 1 aromatic carbocycles. The summed E-state index contributed by atoms with van der Waals surface area (Å²) in [7, 11) is 3.17. The molecule has 1 heterocycles. The van der Waals surface area contributed by atoms with E-state index in [4.69, 9.17) is 4.74 Å². The molecule has 27 heavy (non-hydrogen) atoms. The number of nitrogens with one attached hydrogen (secondary N) is 2. The molecule has 152 valence electrons. The highest BCUT2D eigenvalue weighted by molar-refractivity contribution is 14.0. The van der Waals surface area contributed by atoms with Gasteiger partial charge >= 0.3 is 5.97 Å². The zero-order chi connectivity index (χ0) is 18.8. The molecule has 0 amide bonds. The topological polar surface area (TPSA) is 66.0 Å². The van der Waals surface area contributed by atoms with E-state index < -0.39 is 0 Å². The molecule has 1 fully saturated rings. The molecule has 2 N–H and O–H groups in total. The number of carbonyl (C=O) groups excluding carboxylic acids is 1. The first-order valence-corrected chi connectivity index (χ1v) is 9.46. The van der Waals surface area contributed by atoms with Crippen LogP contribution >= 0.6 is 24.0 Å². The number of ether oxygens (including phenoxy) is 1. The van der Waals surface area contributed by atoms with Crippen molar-refractivity contribution in [1.29, 1.82) is 0 Å². The lowest BCUT2D eigenvalue weighted by Crippen LogP contribution is -2.39. The second-order valence-corrected chi connectivity index (χ2v) is 6.92. The first-order valence-electron chi connectivity index (χ1n) is 9.46. The van der Waals surface area contributed by atoms with Crippen molar-refractivity contribution in [2.45, 2.75) is 32.7 Å². The molecule has 1 aromatic rings. The normalized spacial score (nSPS) is 15.7. The quantitative estimate of drug-likeness (QED) is 0.203. The van der Waals surface area contributed by atoms with Crippen molar-refractivity contribution in [2.75, 3.05) is 40.3 Å². The fraction of sp³-hybridized carbons (Fsp3) is 0.600. The summed E-state index contributed by atoms with van der Waals surface area (Å²) in [5.41, 5.74) is 1.65. The molecule has 0 bridgehead atoms. The van der Waals surface area contributed by atoms with E-state index in [1.165, 1.54) is 33.0 Å². The number of esters is 1. The third kappa shape index (κ3) is 8.47. The van der Waals surface area contributed by atoms with Gasteiger partial charge in [0, 0.05) is 20.1 Å². The molecule has 0 unspecified atom stereocenters. The number of hydrogen-bond donors (Lipinski definition) is 2. The molecule has 1 saturated heterocycles. The smallest absolute Gasteiger partial charge is 0.337 e. The van der Waals surface area contributed by atoms with Gasteiger partial charge in [0.05, 0.1) is 12.7 Å². The molecule has 0 saturated carbocycles. The van der Waals surface area contributed by atoms with Crippen molar-refractivity contribution < 1.29 is 9.53 Å². The highest BCUT2D eigenvalue weighted by atomic mass is 127. The Labute approximate surface area is 180 Å². The fourth-order valence-electron chi connectivity index (χ4n) is 3.08. The summed E-state index contributed by atoms with van der Waals surface area (Å²) in [4.78, 5) is 18.3. The van der Waals surface area contributed by atoms with Crippen LogP contribution in [-0.4, -0.2) is 57.2 Å². The maximum atomic E-state index is 11.4. The largest absolute Gasteiger partial charge is 0.465 e. The van der Waals surface area contributed by atoms with Gasteiger partial charge in [-0.25, -0.2) is 4.79 Å². The molecule has 7 heteroatoms. The molecule has 1 aliphatic rings. The summed E-state index contributed by atoms with van der Waals surface area (Å²) in [5, 5.41) is 6.67. The minimum absolute atomic E-state index is 0. The number of carbonyl (C=O) groups is 1. The number of benzene rings is 1. The summed E-state index contributed by atoms with van der Waals surface area (Å²) >= 11 is 0. The van der Waals surface area contributed by atoms with Crippen LogP contribution in [-0.2, 0) is 11.3 Å². The van der Waals surface area contributed by atoms with Crippen molar-refractivity contribution >= 4 is 35.9 Å². The van der Waals surface area contributed by atoms with Gasteiger partial charge in [-0.2, -0.15) is 0 Å². The minimum Gasteiger partial charge on any atom is -0.465 e. The Kier molecular flexibility index (Phi) is 11.3. The highest BCUT2D eigenvalue weighted by Crippen LogP contribution is 2.15. The first-order chi connectivity index (χ1) is 12.6. The van der Waals surface area contributed by atoms with Crippen LogP contribution in [0.2, 0.25) is 0 Å². The number of piperidine rings is 1. The summed E-state index contributed by atoms with van der Waals surface area (Å²) in [6.45, 7) is 7.52. The number of likely N-dealkylation sites (tertiary alicyclic amines) is 1. The van der Waals surface area contributed by atoms with E-state index in [2.05, 4.69) is 27.4 Å². The van der Waals surface area contributed by atoms with Gasteiger partial charge in [0.15, 0.2) is 5.96 Å². The number of nitrogens with zero attached hydrogens (tertiary/aromatic N) is 2. The Morgan fingerprint density at radius 3 is 2.48 bits per heavy atom. The molecule has 6 nitrogen and oxygen atoms in total. The Morgan fingerprint density at radius 1 is 1.22 bits per heavy atom. The lowest BCUT2D eigenvalue weighted by Gasteiger charge is -2.30. The van der Waals surface area contributed by atoms with E-state index in [-0.39, 0.29) is 29.9 Å². The van der Waals surface area contributed by atoms with E-state index in [0.717, 1.165) is 37.0 Å². The average Bonchev–Trinajstić information content (AvgIpc) is 2.68. The maximum Gasteiger partial charge on any atom is 0.337 e. The van der Waals surface area contributed by atoms with E-state index in [9.17, 15) is 4.79 Å². The molecule has 0 aromatic heterocycles. The average molecular weight is 488 g/mol. The summed E-state index contributed by atoms with van der Waals surface area (Å²) in [5.74, 6) is 1.37. The number of halogens is 1. The van der Waals surface area contributed by atoms with Gasteiger partial charge in [-0.05, 0) is 62.5 Å². The molecule has 0 atom stereocenters. The maximum absolute atomic E-state index is 11.4. The van der Waals surface area contributed by atoms with Crippen LogP contribution in [0.15, 0.2) is 29.3 Å². The summed E-state index contributed by atoms with van der Waals surface area (Å²) in [6.07, 6.45) is 3.76. The standard InChI is InChI=1S/C20H32N4O2.HI/c1-16-9-13-24(14-10-16)12-4-11-22-20(21-2)23-15-17-5-7-18(8-6-17)19(25)26-3;/h5-8,16H,4,9-15H2,1-3H3,(H2,21,22,23);1H.